The lowest BCUT2D eigenvalue weighted by Gasteiger charge is -2.33. The molecule has 7 heteroatoms. The van der Waals surface area contributed by atoms with E-state index in [0.717, 1.165) is 26.5 Å². The number of benzene rings is 2. The number of aromatic nitrogens is 1. The molecule has 2 N–H and O–H groups in total. The molecule has 1 unspecified atom stereocenters. The third-order valence-corrected chi connectivity index (χ3v) is 6.97. The maximum atomic E-state index is 13.6. The normalized spacial score (nSPS) is 19.6. The van der Waals surface area contributed by atoms with Gasteiger partial charge in [0, 0.05) is 17.9 Å². The Kier molecular flexibility index (Phi) is 5.64. The minimum atomic E-state index is -0.405. The van der Waals surface area contributed by atoms with Crippen molar-refractivity contribution in [1.29, 1.82) is 0 Å². The summed E-state index contributed by atoms with van der Waals surface area (Å²) in [5, 5.41) is 0.745. The fraction of sp³-hybridized carbons (Fsp3) is 0.231. The highest BCUT2D eigenvalue weighted by atomic mass is 32.1. The average Bonchev–Trinajstić information content (AvgIpc) is 3.26. The zero-order valence-electron chi connectivity index (χ0n) is 18.5. The van der Waals surface area contributed by atoms with Gasteiger partial charge in [-0.25, -0.2) is 4.98 Å². The molecule has 0 amide bonds. The summed E-state index contributed by atoms with van der Waals surface area (Å²) < 4.78 is 17.9. The van der Waals surface area contributed by atoms with E-state index in [0.29, 0.717) is 47.8 Å². The number of para-hydroxylation sites is 1. The van der Waals surface area contributed by atoms with Gasteiger partial charge in [-0.2, -0.15) is 0 Å². The third-order valence-electron chi connectivity index (χ3n) is 5.90. The highest BCUT2D eigenvalue weighted by molar-refractivity contribution is 7.19. The lowest BCUT2D eigenvalue weighted by atomic mass is 9.76. The van der Waals surface area contributed by atoms with E-state index in [9.17, 15) is 4.79 Å². The monoisotopic (exact) mass is 460 g/mol. The van der Waals surface area contributed by atoms with Crippen LogP contribution in [0.25, 0.3) is 15.8 Å². The van der Waals surface area contributed by atoms with Crippen LogP contribution in [0.1, 0.15) is 36.3 Å². The summed E-state index contributed by atoms with van der Waals surface area (Å²) in [7, 11) is 1.63. The number of ketones is 1. The summed E-state index contributed by atoms with van der Waals surface area (Å²) in [5.74, 6) is 1.18. The Balaban J connectivity index is 1.68. The molecule has 0 fully saturated rings. The van der Waals surface area contributed by atoms with Crippen molar-refractivity contribution in [2.24, 2.45) is 5.73 Å². The number of allylic oxidation sites excluding steroid dienone is 4. The third kappa shape index (κ3) is 3.78. The van der Waals surface area contributed by atoms with Gasteiger partial charge in [0.1, 0.15) is 16.5 Å². The minimum Gasteiger partial charge on any atom is -0.501 e. The summed E-state index contributed by atoms with van der Waals surface area (Å²) in [6, 6.07) is 15.6. The van der Waals surface area contributed by atoms with Crippen LogP contribution < -0.4 is 10.5 Å². The van der Waals surface area contributed by atoms with Gasteiger partial charge in [0.05, 0.1) is 41.3 Å². The van der Waals surface area contributed by atoms with Crippen LogP contribution in [-0.4, -0.2) is 24.5 Å². The predicted octanol–water partition coefficient (Wildman–Crippen LogP) is 5.28. The molecule has 168 valence electrons. The Morgan fingerprint density at radius 2 is 1.94 bits per heavy atom. The number of carbonyl (C=O) groups is 1. The number of rotatable bonds is 5. The number of thiazole rings is 1. The number of hydrogen-bond acceptors (Lipinski definition) is 7. The number of nitrogens with zero attached hydrogens (tertiary/aromatic N) is 1. The molecule has 1 aliphatic carbocycles. The van der Waals surface area contributed by atoms with Crippen molar-refractivity contribution >= 4 is 32.9 Å². The number of methoxy groups -OCH3 is 1. The van der Waals surface area contributed by atoms with E-state index in [1.54, 1.807) is 24.7 Å². The molecule has 1 aliphatic heterocycles. The second kappa shape index (κ2) is 8.75. The quantitative estimate of drug-likeness (QED) is 0.412. The van der Waals surface area contributed by atoms with Gasteiger partial charge in [-0.05, 0) is 43.2 Å². The summed E-state index contributed by atoms with van der Waals surface area (Å²) >= 11 is 1.54. The number of Topliss-reactive ketones (excluding diaryl/α,β-unsaturated/α-hetero) is 1. The average molecular weight is 461 g/mol. The zero-order valence-corrected chi connectivity index (χ0v) is 19.3. The molecule has 0 spiro atoms. The first-order valence-corrected chi connectivity index (χ1v) is 11.7. The van der Waals surface area contributed by atoms with Crippen LogP contribution in [-0.2, 0) is 14.3 Å². The number of ether oxygens (including phenoxy) is 3. The Morgan fingerprint density at radius 3 is 2.67 bits per heavy atom. The van der Waals surface area contributed by atoms with E-state index in [-0.39, 0.29) is 5.78 Å². The maximum absolute atomic E-state index is 13.6. The standard InChI is InChI=1S/C26H24N2O4S/c1-3-31-14-16-10-13-19-22(24(16)29)21(15-8-11-17(30-2)12-9-15)23(25(27)32-19)26-28-18-6-4-5-7-20(18)33-26/h4-9,11-12,14,21H,3,10,13,27H2,1-2H3. The summed E-state index contributed by atoms with van der Waals surface area (Å²) in [6.45, 7) is 2.40. The van der Waals surface area contributed by atoms with Gasteiger partial charge in [0.25, 0.3) is 0 Å². The van der Waals surface area contributed by atoms with Crippen LogP contribution in [0.15, 0.2) is 77.6 Å². The first kappa shape index (κ1) is 21.3. The Labute approximate surface area is 196 Å². The van der Waals surface area contributed by atoms with Crippen molar-refractivity contribution in [3.8, 4) is 5.75 Å². The van der Waals surface area contributed by atoms with Gasteiger partial charge in [-0.3, -0.25) is 4.79 Å². The van der Waals surface area contributed by atoms with Gasteiger partial charge < -0.3 is 19.9 Å². The van der Waals surface area contributed by atoms with Gasteiger partial charge in [0.2, 0.25) is 0 Å². The topological polar surface area (TPSA) is 83.7 Å². The van der Waals surface area contributed by atoms with E-state index < -0.39 is 5.92 Å². The zero-order chi connectivity index (χ0) is 22.9. The molecule has 0 saturated carbocycles. The van der Waals surface area contributed by atoms with Crippen molar-refractivity contribution in [3.05, 3.63) is 88.2 Å². The van der Waals surface area contributed by atoms with E-state index in [2.05, 4.69) is 0 Å². The molecule has 2 aromatic carbocycles. The number of fused-ring (bicyclic) bond motifs is 1. The lowest BCUT2D eigenvalue weighted by Crippen LogP contribution is -2.28. The lowest BCUT2D eigenvalue weighted by molar-refractivity contribution is -0.113. The van der Waals surface area contributed by atoms with Crippen molar-refractivity contribution < 1.29 is 19.0 Å². The van der Waals surface area contributed by atoms with E-state index in [1.165, 1.54) is 0 Å². The second-order valence-electron chi connectivity index (χ2n) is 7.84. The number of hydrogen-bond donors (Lipinski definition) is 1. The molecule has 33 heavy (non-hydrogen) atoms. The predicted molar refractivity (Wildman–Crippen MR) is 129 cm³/mol. The molecule has 0 radical (unpaired) electrons. The molecule has 1 atom stereocenters. The first-order valence-electron chi connectivity index (χ1n) is 10.9. The highest BCUT2D eigenvalue weighted by Crippen LogP contribution is 2.49. The maximum Gasteiger partial charge on any atom is 0.197 e. The first-order chi connectivity index (χ1) is 16.1. The van der Waals surface area contributed by atoms with Crippen molar-refractivity contribution in [1.82, 2.24) is 4.98 Å². The fourth-order valence-electron chi connectivity index (χ4n) is 4.31. The van der Waals surface area contributed by atoms with Crippen LogP contribution in [0, 0.1) is 0 Å². The number of carbonyl (C=O) groups excluding carboxylic acids is 1. The SMILES string of the molecule is CCOC=C1CCC2=C(C1=O)C(c1ccc(OC)cc1)C(c1nc3ccccc3s1)=C(N)O2. The van der Waals surface area contributed by atoms with Crippen molar-refractivity contribution in [3.63, 3.8) is 0 Å². The van der Waals surface area contributed by atoms with Crippen LogP contribution in [0.3, 0.4) is 0 Å². The largest absolute Gasteiger partial charge is 0.501 e. The van der Waals surface area contributed by atoms with Gasteiger partial charge >= 0.3 is 0 Å². The molecular formula is C26H24N2O4S. The molecule has 0 saturated heterocycles. The van der Waals surface area contributed by atoms with Gasteiger partial charge in [-0.1, -0.05) is 24.3 Å². The van der Waals surface area contributed by atoms with E-state index in [4.69, 9.17) is 24.9 Å². The number of nitrogens with two attached hydrogens (primary N) is 1. The molecule has 0 bridgehead atoms. The van der Waals surface area contributed by atoms with Crippen molar-refractivity contribution in [2.45, 2.75) is 25.7 Å². The summed E-state index contributed by atoms with van der Waals surface area (Å²) in [6.07, 6.45) is 2.72. The second-order valence-corrected chi connectivity index (χ2v) is 8.87. The van der Waals surface area contributed by atoms with Crippen molar-refractivity contribution in [2.75, 3.05) is 13.7 Å². The molecule has 1 aromatic heterocycles. The van der Waals surface area contributed by atoms with Crippen LogP contribution in [0.4, 0.5) is 0 Å². The van der Waals surface area contributed by atoms with E-state index >= 15 is 0 Å². The molecule has 2 aliphatic rings. The van der Waals surface area contributed by atoms with Crippen LogP contribution in [0.2, 0.25) is 0 Å². The molecule has 3 aromatic rings. The van der Waals surface area contributed by atoms with Crippen LogP contribution >= 0.6 is 11.3 Å². The molecule has 5 rings (SSSR count). The minimum absolute atomic E-state index is 0.0726. The van der Waals surface area contributed by atoms with Crippen LogP contribution in [0.5, 0.6) is 5.75 Å². The smallest absolute Gasteiger partial charge is 0.197 e. The Hall–Kier alpha value is -3.58. The Morgan fingerprint density at radius 1 is 1.15 bits per heavy atom. The summed E-state index contributed by atoms with van der Waals surface area (Å²) in [5.41, 5.74) is 10.3. The molecule has 2 heterocycles. The highest BCUT2D eigenvalue weighted by Gasteiger charge is 2.41. The van der Waals surface area contributed by atoms with Gasteiger partial charge in [0.15, 0.2) is 11.7 Å². The molecular weight excluding hydrogens is 436 g/mol. The fourth-order valence-corrected chi connectivity index (χ4v) is 5.36. The summed E-state index contributed by atoms with van der Waals surface area (Å²) in [4.78, 5) is 18.5. The van der Waals surface area contributed by atoms with E-state index in [1.807, 2.05) is 55.5 Å². The molecule has 6 nitrogen and oxygen atoms in total. The van der Waals surface area contributed by atoms with Gasteiger partial charge in [-0.15, -0.1) is 11.3 Å². The Bertz CT molecular complexity index is 1280.